The van der Waals surface area contributed by atoms with E-state index in [1.807, 2.05) is 6.92 Å². The molecule has 1 saturated heterocycles. The van der Waals surface area contributed by atoms with Crippen LogP contribution in [0.1, 0.15) is 19.8 Å². The maximum absolute atomic E-state index is 11.5. The zero-order valence-electron chi connectivity index (χ0n) is 9.52. The third kappa shape index (κ3) is 3.60. The SMILES string of the molecule is CCCCOC(=O)N1CCN(C(=O)O)CC1. The van der Waals surface area contributed by atoms with Crippen LogP contribution in [0.2, 0.25) is 0 Å². The van der Waals surface area contributed by atoms with Crippen molar-refractivity contribution in [2.24, 2.45) is 0 Å². The van der Waals surface area contributed by atoms with Crippen LogP contribution in [0, 0.1) is 0 Å². The molecular formula is C10H18N2O4. The van der Waals surface area contributed by atoms with E-state index in [0.29, 0.717) is 32.8 Å². The van der Waals surface area contributed by atoms with Crippen molar-refractivity contribution in [3.05, 3.63) is 0 Å². The van der Waals surface area contributed by atoms with Gasteiger partial charge in [0.25, 0.3) is 0 Å². The zero-order valence-corrected chi connectivity index (χ0v) is 9.52. The molecule has 1 heterocycles. The third-order valence-electron chi connectivity index (χ3n) is 2.53. The largest absolute Gasteiger partial charge is 0.465 e. The van der Waals surface area contributed by atoms with E-state index in [0.717, 1.165) is 12.8 Å². The minimum atomic E-state index is -0.931. The van der Waals surface area contributed by atoms with Crippen molar-refractivity contribution >= 4 is 12.2 Å². The quantitative estimate of drug-likeness (QED) is 0.740. The number of hydrogen-bond acceptors (Lipinski definition) is 3. The number of hydrogen-bond donors (Lipinski definition) is 1. The van der Waals surface area contributed by atoms with Crippen LogP contribution in [0.15, 0.2) is 0 Å². The molecule has 0 aromatic heterocycles. The lowest BCUT2D eigenvalue weighted by Crippen LogP contribution is -2.50. The van der Waals surface area contributed by atoms with Crippen LogP contribution < -0.4 is 0 Å². The molecule has 0 bridgehead atoms. The Bertz CT molecular complexity index is 249. The summed E-state index contributed by atoms with van der Waals surface area (Å²) in [6.45, 7) is 4.01. The Morgan fingerprint density at radius 3 is 2.25 bits per heavy atom. The number of nitrogens with zero attached hydrogens (tertiary/aromatic N) is 2. The van der Waals surface area contributed by atoms with Gasteiger partial charge in [-0.3, -0.25) is 0 Å². The zero-order chi connectivity index (χ0) is 12.0. The molecular weight excluding hydrogens is 212 g/mol. The summed E-state index contributed by atoms with van der Waals surface area (Å²) in [6.07, 6.45) is 0.582. The molecule has 1 N–H and O–H groups in total. The molecule has 2 amide bonds. The first-order valence-electron chi connectivity index (χ1n) is 5.54. The molecule has 0 radical (unpaired) electrons. The normalized spacial score (nSPS) is 16.1. The first-order chi connectivity index (χ1) is 7.65. The summed E-state index contributed by atoms with van der Waals surface area (Å²) in [5.41, 5.74) is 0. The van der Waals surface area contributed by atoms with Crippen molar-refractivity contribution in [2.45, 2.75) is 19.8 Å². The molecule has 0 atom stereocenters. The van der Waals surface area contributed by atoms with E-state index in [9.17, 15) is 9.59 Å². The first kappa shape index (κ1) is 12.6. The van der Waals surface area contributed by atoms with Crippen LogP contribution in [0.5, 0.6) is 0 Å². The molecule has 0 aromatic rings. The number of unbranched alkanes of at least 4 members (excludes halogenated alkanes) is 1. The molecule has 0 aliphatic carbocycles. The molecule has 1 aliphatic heterocycles. The second kappa shape index (κ2) is 6.19. The van der Waals surface area contributed by atoms with Crippen molar-refractivity contribution in [3.63, 3.8) is 0 Å². The van der Waals surface area contributed by atoms with Crippen LogP contribution in [0.25, 0.3) is 0 Å². The summed E-state index contributed by atoms with van der Waals surface area (Å²) < 4.78 is 5.04. The van der Waals surface area contributed by atoms with Crippen molar-refractivity contribution in [2.75, 3.05) is 32.8 Å². The first-order valence-corrected chi connectivity index (χ1v) is 5.54. The smallest absolute Gasteiger partial charge is 0.409 e. The average molecular weight is 230 g/mol. The van der Waals surface area contributed by atoms with E-state index in [-0.39, 0.29) is 6.09 Å². The van der Waals surface area contributed by atoms with E-state index in [1.54, 1.807) is 4.90 Å². The number of carbonyl (C=O) groups excluding carboxylic acids is 1. The van der Waals surface area contributed by atoms with Crippen molar-refractivity contribution in [3.8, 4) is 0 Å². The second-order valence-electron chi connectivity index (χ2n) is 3.72. The van der Waals surface area contributed by atoms with Crippen LogP contribution in [0.3, 0.4) is 0 Å². The van der Waals surface area contributed by atoms with E-state index in [4.69, 9.17) is 9.84 Å². The number of ether oxygens (including phenoxy) is 1. The lowest BCUT2D eigenvalue weighted by atomic mass is 10.3. The number of piperazine rings is 1. The van der Waals surface area contributed by atoms with Crippen LogP contribution >= 0.6 is 0 Å². The Morgan fingerprint density at radius 2 is 1.75 bits per heavy atom. The van der Waals surface area contributed by atoms with Crippen LogP contribution in [-0.2, 0) is 4.74 Å². The van der Waals surface area contributed by atoms with Gasteiger partial charge in [0.1, 0.15) is 0 Å². The van der Waals surface area contributed by atoms with Gasteiger partial charge in [-0.25, -0.2) is 9.59 Å². The maximum atomic E-state index is 11.5. The standard InChI is InChI=1S/C10H18N2O4/c1-2-3-8-16-10(15)12-6-4-11(5-7-12)9(13)14/h2-8H2,1H3,(H,13,14). The van der Waals surface area contributed by atoms with Gasteiger partial charge in [-0.2, -0.15) is 0 Å². The Balaban J connectivity index is 2.25. The molecule has 1 rings (SSSR count). The predicted octanol–water partition coefficient (Wildman–Crippen LogP) is 1.22. The molecule has 1 aliphatic rings. The van der Waals surface area contributed by atoms with Crippen LogP contribution in [0.4, 0.5) is 9.59 Å². The van der Waals surface area contributed by atoms with E-state index in [2.05, 4.69) is 0 Å². The molecule has 6 heteroatoms. The summed E-state index contributed by atoms with van der Waals surface area (Å²) in [5.74, 6) is 0. The number of rotatable bonds is 3. The fraction of sp³-hybridized carbons (Fsp3) is 0.800. The van der Waals surface area contributed by atoms with Gasteiger partial charge in [0.15, 0.2) is 0 Å². The Labute approximate surface area is 94.8 Å². The Kier molecular flexibility index (Phi) is 4.88. The van der Waals surface area contributed by atoms with E-state index < -0.39 is 6.09 Å². The van der Waals surface area contributed by atoms with Gasteiger partial charge in [0.2, 0.25) is 0 Å². The summed E-state index contributed by atoms with van der Waals surface area (Å²) >= 11 is 0. The maximum Gasteiger partial charge on any atom is 0.409 e. The summed E-state index contributed by atoms with van der Waals surface area (Å²) in [5, 5.41) is 8.73. The minimum absolute atomic E-state index is 0.335. The van der Waals surface area contributed by atoms with Crippen molar-refractivity contribution in [1.82, 2.24) is 9.80 Å². The van der Waals surface area contributed by atoms with Gasteiger partial charge in [0, 0.05) is 26.2 Å². The molecule has 1 fully saturated rings. The fourth-order valence-corrected chi connectivity index (χ4v) is 1.48. The molecule has 92 valence electrons. The minimum Gasteiger partial charge on any atom is -0.465 e. The highest BCUT2D eigenvalue weighted by Gasteiger charge is 2.24. The van der Waals surface area contributed by atoms with E-state index >= 15 is 0 Å². The molecule has 0 spiro atoms. The molecule has 0 aromatic carbocycles. The monoisotopic (exact) mass is 230 g/mol. The van der Waals surface area contributed by atoms with Gasteiger partial charge >= 0.3 is 12.2 Å². The van der Waals surface area contributed by atoms with Crippen molar-refractivity contribution < 1.29 is 19.4 Å². The summed E-state index contributed by atoms with van der Waals surface area (Å²) in [6, 6.07) is 0. The van der Waals surface area contributed by atoms with Crippen molar-refractivity contribution in [1.29, 1.82) is 0 Å². The molecule has 0 saturated carbocycles. The number of carboxylic acid groups (broad SMARTS) is 1. The second-order valence-corrected chi connectivity index (χ2v) is 3.72. The summed E-state index contributed by atoms with van der Waals surface area (Å²) in [4.78, 5) is 25.0. The van der Waals surface area contributed by atoms with Crippen LogP contribution in [-0.4, -0.2) is 59.9 Å². The van der Waals surface area contributed by atoms with Gasteiger partial charge < -0.3 is 19.6 Å². The third-order valence-corrected chi connectivity index (χ3v) is 2.53. The molecule has 16 heavy (non-hydrogen) atoms. The van der Waals surface area contributed by atoms with Gasteiger partial charge in [-0.05, 0) is 6.42 Å². The lowest BCUT2D eigenvalue weighted by molar-refractivity contribution is 0.0721. The van der Waals surface area contributed by atoms with Gasteiger partial charge in [0.05, 0.1) is 6.61 Å². The Morgan fingerprint density at radius 1 is 1.19 bits per heavy atom. The van der Waals surface area contributed by atoms with Gasteiger partial charge in [-0.1, -0.05) is 13.3 Å². The lowest BCUT2D eigenvalue weighted by Gasteiger charge is -2.32. The topological polar surface area (TPSA) is 70.1 Å². The summed E-state index contributed by atoms with van der Waals surface area (Å²) in [7, 11) is 0. The van der Waals surface area contributed by atoms with E-state index in [1.165, 1.54) is 4.90 Å². The number of amides is 2. The highest BCUT2D eigenvalue weighted by molar-refractivity contribution is 5.69. The average Bonchev–Trinajstić information content (AvgIpc) is 2.29. The predicted molar refractivity (Wildman–Crippen MR) is 57.4 cm³/mol. The molecule has 0 unspecified atom stereocenters. The Hall–Kier alpha value is -1.46. The molecule has 6 nitrogen and oxygen atoms in total. The number of carbonyl (C=O) groups is 2. The highest BCUT2D eigenvalue weighted by atomic mass is 16.6. The highest BCUT2D eigenvalue weighted by Crippen LogP contribution is 2.04. The fourth-order valence-electron chi connectivity index (χ4n) is 1.48. The van der Waals surface area contributed by atoms with Gasteiger partial charge in [-0.15, -0.1) is 0 Å².